The molecule has 0 aromatic heterocycles. The lowest BCUT2D eigenvalue weighted by molar-refractivity contribution is -0.143. The number of piperidine rings is 1. The van der Waals surface area contributed by atoms with Crippen LogP contribution in [0.25, 0.3) is 11.1 Å². The van der Waals surface area contributed by atoms with Crippen molar-refractivity contribution in [1.29, 1.82) is 0 Å². The van der Waals surface area contributed by atoms with E-state index in [-0.39, 0.29) is 24.0 Å². The van der Waals surface area contributed by atoms with E-state index in [1.54, 1.807) is 12.1 Å². The molecule has 3 nitrogen and oxygen atoms in total. The van der Waals surface area contributed by atoms with Crippen molar-refractivity contribution >= 4 is 5.91 Å². The SMILES string of the molecule is CC(C)[C@]1(CCO)CCN([C@@H](C)c2ccc(-c3ccc(F)cc3F)cc2)C(=O)C1. The molecule has 1 aliphatic heterocycles. The van der Waals surface area contributed by atoms with Crippen molar-refractivity contribution in [2.45, 2.75) is 46.1 Å². The highest BCUT2D eigenvalue weighted by atomic mass is 19.1. The largest absolute Gasteiger partial charge is 0.396 e. The summed E-state index contributed by atoms with van der Waals surface area (Å²) in [4.78, 5) is 14.8. The molecular formula is C24H29F2NO2. The summed E-state index contributed by atoms with van der Waals surface area (Å²) in [7, 11) is 0. The van der Waals surface area contributed by atoms with Gasteiger partial charge < -0.3 is 10.0 Å². The van der Waals surface area contributed by atoms with Crippen molar-refractivity contribution in [2.24, 2.45) is 11.3 Å². The number of carbonyl (C=O) groups is 1. The van der Waals surface area contributed by atoms with Gasteiger partial charge in [-0.2, -0.15) is 0 Å². The highest BCUT2D eigenvalue weighted by molar-refractivity contribution is 5.78. The number of carbonyl (C=O) groups excluding carboxylic acids is 1. The molecule has 0 saturated carbocycles. The molecule has 2 aromatic carbocycles. The number of halogens is 2. The van der Waals surface area contributed by atoms with Crippen molar-refractivity contribution in [3.8, 4) is 11.1 Å². The van der Waals surface area contributed by atoms with Gasteiger partial charge in [-0.25, -0.2) is 8.78 Å². The third-order valence-electron chi connectivity index (χ3n) is 6.61. The number of likely N-dealkylation sites (tertiary alicyclic amines) is 1. The lowest BCUT2D eigenvalue weighted by Crippen LogP contribution is -2.47. The number of aliphatic hydroxyl groups is 1. The van der Waals surface area contributed by atoms with Gasteiger partial charge in [-0.1, -0.05) is 38.1 Å². The van der Waals surface area contributed by atoms with Crippen LogP contribution in [0.1, 0.15) is 51.6 Å². The molecule has 3 rings (SSSR count). The fourth-order valence-electron chi connectivity index (χ4n) is 4.43. The number of hydrogen-bond acceptors (Lipinski definition) is 2. The molecule has 2 atom stereocenters. The molecule has 0 unspecified atom stereocenters. The normalized spacial score (nSPS) is 20.9. The number of rotatable bonds is 6. The van der Waals surface area contributed by atoms with Gasteiger partial charge in [0.2, 0.25) is 5.91 Å². The van der Waals surface area contributed by atoms with Crippen LogP contribution in [0.5, 0.6) is 0 Å². The monoisotopic (exact) mass is 401 g/mol. The van der Waals surface area contributed by atoms with E-state index in [9.17, 15) is 18.7 Å². The zero-order valence-corrected chi connectivity index (χ0v) is 17.3. The average Bonchev–Trinajstić information content (AvgIpc) is 2.68. The van der Waals surface area contributed by atoms with Crippen LogP contribution in [0.3, 0.4) is 0 Å². The van der Waals surface area contributed by atoms with Gasteiger partial charge in [0, 0.05) is 31.2 Å². The topological polar surface area (TPSA) is 40.5 Å². The lowest BCUT2D eigenvalue weighted by Gasteiger charge is -2.45. The summed E-state index contributed by atoms with van der Waals surface area (Å²) in [5.74, 6) is -0.745. The Labute approximate surface area is 171 Å². The second-order valence-corrected chi connectivity index (χ2v) is 8.43. The predicted octanol–water partition coefficient (Wildman–Crippen LogP) is 5.34. The number of hydrogen-bond donors (Lipinski definition) is 1. The van der Waals surface area contributed by atoms with E-state index in [1.165, 1.54) is 12.1 Å². The first kappa shape index (κ1) is 21.4. The molecule has 29 heavy (non-hydrogen) atoms. The molecule has 1 N–H and O–H groups in total. The summed E-state index contributed by atoms with van der Waals surface area (Å²) >= 11 is 0. The van der Waals surface area contributed by atoms with E-state index in [2.05, 4.69) is 13.8 Å². The minimum atomic E-state index is -0.598. The Morgan fingerprint density at radius 3 is 2.34 bits per heavy atom. The van der Waals surface area contributed by atoms with Crippen LogP contribution < -0.4 is 0 Å². The van der Waals surface area contributed by atoms with Crippen molar-refractivity contribution in [1.82, 2.24) is 4.90 Å². The van der Waals surface area contributed by atoms with E-state index >= 15 is 0 Å². The van der Waals surface area contributed by atoms with Crippen LogP contribution in [0.2, 0.25) is 0 Å². The summed E-state index contributed by atoms with van der Waals surface area (Å²) in [5, 5.41) is 9.45. The Balaban J connectivity index is 1.75. The Morgan fingerprint density at radius 2 is 1.79 bits per heavy atom. The molecule has 1 aliphatic rings. The maximum absolute atomic E-state index is 14.0. The summed E-state index contributed by atoms with van der Waals surface area (Å²) in [6, 6.07) is 10.9. The zero-order chi connectivity index (χ0) is 21.2. The van der Waals surface area contributed by atoms with E-state index in [4.69, 9.17) is 0 Å². The van der Waals surface area contributed by atoms with E-state index in [1.807, 2.05) is 24.0 Å². The first-order valence-electron chi connectivity index (χ1n) is 10.2. The second kappa shape index (κ2) is 8.62. The van der Waals surface area contributed by atoms with Gasteiger partial charge in [0.25, 0.3) is 0 Å². The molecule has 1 saturated heterocycles. The van der Waals surface area contributed by atoms with Gasteiger partial charge in [0.05, 0.1) is 6.04 Å². The van der Waals surface area contributed by atoms with Gasteiger partial charge in [-0.3, -0.25) is 4.79 Å². The standard InChI is InChI=1S/C24H29F2NO2/c1-16(2)24(11-13-28)10-12-27(23(29)15-24)17(3)18-4-6-19(7-5-18)21-9-8-20(25)14-22(21)26/h4-9,14,16-17,28H,10-13,15H2,1-3H3/t17-,24-/m0/s1. The van der Waals surface area contributed by atoms with Crippen molar-refractivity contribution < 1.29 is 18.7 Å². The molecular weight excluding hydrogens is 372 g/mol. The van der Waals surface area contributed by atoms with Crippen molar-refractivity contribution in [3.05, 3.63) is 59.7 Å². The smallest absolute Gasteiger partial charge is 0.223 e. The molecule has 0 aliphatic carbocycles. The molecule has 5 heteroatoms. The quantitative estimate of drug-likeness (QED) is 0.710. The molecule has 156 valence electrons. The first-order chi connectivity index (χ1) is 13.8. The van der Waals surface area contributed by atoms with Crippen molar-refractivity contribution in [2.75, 3.05) is 13.2 Å². The third kappa shape index (κ3) is 4.35. The highest BCUT2D eigenvalue weighted by Crippen LogP contribution is 2.44. The molecule has 1 fully saturated rings. The Bertz CT molecular complexity index is 866. The number of nitrogens with zero attached hydrogens (tertiary/aromatic N) is 1. The van der Waals surface area contributed by atoms with Gasteiger partial charge in [0.1, 0.15) is 11.6 Å². The second-order valence-electron chi connectivity index (χ2n) is 8.43. The number of benzene rings is 2. The molecule has 2 aromatic rings. The lowest BCUT2D eigenvalue weighted by atomic mass is 9.67. The van der Waals surface area contributed by atoms with Crippen molar-refractivity contribution in [3.63, 3.8) is 0 Å². The highest BCUT2D eigenvalue weighted by Gasteiger charge is 2.42. The molecule has 0 spiro atoms. The van der Waals surface area contributed by atoms with Gasteiger partial charge >= 0.3 is 0 Å². The first-order valence-corrected chi connectivity index (χ1v) is 10.2. The Hall–Kier alpha value is -2.27. The maximum Gasteiger partial charge on any atom is 0.223 e. The van der Waals surface area contributed by atoms with Crippen LogP contribution in [0.15, 0.2) is 42.5 Å². The fourth-order valence-corrected chi connectivity index (χ4v) is 4.43. The van der Waals surface area contributed by atoms with E-state index in [0.717, 1.165) is 18.1 Å². The summed E-state index contributed by atoms with van der Waals surface area (Å²) < 4.78 is 27.2. The van der Waals surface area contributed by atoms with Crippen LogP contribution in [-0.4, -0.2) is 29.1 Å². The Kier molecular flexibility index (Phi) is 6.37. The molecule has 0 bridgehead atoms. The van der Waals surface area contributed by atoms with Gasteiger partial charge in [-0.15, -0.1) is 0 Å². The Morgan fingerprint density at radius 1 is 1.10 bits per heavy atom. The summed E-state index contributed by atoms with van der Waals surface area (Å²) in [6.07, 6.45) is 1.98. The zero-order valence-electron chi connectivity index (χ0n) is 17.3. The van der Waals surface area contributed by atoms with Gasteiger partial charge in [0.15, 0.2) is 0 Å². The maximum atomic E-state index is 14.0. The van der Waals surface area contributed by atoms with E-state index < -0.39 is 11.6 Å². The minimum absolute atomic E-state index is 0.0890. The average molecular weight is 401 g/mol. The molecule has 1 amide bonds. The van der Waals surface area contributed by atoms with Crippen LogP contribution in [0, 0.1) is 23.0 Å². The molecule has 0 radical (unpaired) electrons. The van der Waals surface area contributed by atoms with Crippen LogP contribution in [-0.2, 0) is 4.79 Å². The van der Waals surface area contributed by atoms with Crippen LogP contribution in [0.4, 0.5) is 8.78 Å². The van der Waals surface area contributed by atoms with E-state index in [0.29, 0.717) is 36.4 Å². The number of amides is 1. The minimum Gasteiger partial charge on any atom is -0.396 e. The summed E-state index contributed by atoms with van der Waals surface area (Å²) in [6.45, 7) is 7.00. The van der Waals surface area contributed by atoms with Crippen LogP contribution >= 0.6 is 0 Å². The number of aliphatic hydroxyl groups excluding tert-OH is 1. The molecule has 1 heterocycles. The third-order valence-corrected chi connectivity index (χ3v) is 6.61. The van der Waals surface area contributed by atoms with Gasteiger partial charge in [-0.05, 0) is 54.4 Å². The fraction of sp³-hybridized carbons (Fsp3) is 0.458. The summed E-state index contributed by atoms with van der Waals surface area (Å²) in [5.41, 5.74) is 1.87. The predicted molar refractivity (Wildman–Crippen MR) is 110 cm³/mol.